The fraction of sp³-hybridized carbons (Fsp3) is 0.583. The molecule has 1 aliphatic rings. The fourth-order valence-electron chi connectivity index (χ4n) is 2.43. The van der Waals surface area contributed by atoms with Gasteiger partial charge in [-0.2, -0.15) is 0 Å². The van der Waals surface area contributed by atoms with Crippen molar-refractivity contribution in [2.75, 3.05) is 20.1 Å². The van der Waals surface area contributed by atoms with Crippen molar-refractivity contribution in [3.05, 3.63) is 16.5 Å². The summed E-state index contributed by atoms with van der Waals surface area (Å²) in [4.78, 5) is 12.8. The minimum Gasteiger partial charge on any atom is -0.475 e. The molecular formula is C12H17BrN2O5S. The van der Waals surface area contributed by atoms with Gasteiger partial charge in [-0.15, -0.1) is 0 Å². The molecule has 118 valence electrons. The average molecular weight is 381 g/mol. The van der Waals surface area contributed by atoms with Crippen molar-refractivity contribution in [3.63, 3.8) is 0 Å². The number of sulfonamides is 1. The highest BCUT2D eigenvalue weighted by atomic mass is 79.9. The first-order valence-corrected chi connectivity index (χ1v) is 8.72. The number of halogens is 1. The standard InChI is InChI=1S/C12H17BrN2O5S/c1-7-6-15(2)4-3-8(7)14-21(18,19)10-5-9(12(16)17)20-11(10)13/h5,7-8,14H,3-4,6H2,1-2H3,(H,16,17). The molecule has 2 N–H and O–H groups in total. The molecule has 0 amide bonds. The summed E-state index contributed by atoms with van der Waals surface area (Å²) >= 11 is 2.95. The number of furan rings is 1. The number of carbonyl (C=O) groups is 1. The first-order chi connectivity index (χ1) is 9.70. The van der Waals surface area contributed by atoms with Crippen LogP contribution in [0.2, 0.25) is 0 Å². The fourth-order valence-corrected chi connectivity index (χ4v) is 4.75. The predicted molar refractivity (Wildman–Crippen MR) is 78.8 cm³/mol. The van der Waals surface area contributed by atoms with Crippen LogP contribution in [0.1, 0.15) is 23.9 Å². The zero-order valence-electron chi connectivity index (χ0n) is 11.7. The van der Waals surface area contributed by atoms with Crippen molar-refractivity contribution >= 4 is 31.9 Å². The van der Waals surface area contributed by atoms with E-state index >= 15 is 0 Å². The third kappa shape index (κ3) is 3.65. The molecule has 0 aromatic carbocycles. The SMILES string of the molecule is CC1CN(C)CCC1NS(=O)(=O)c1cc(C(=O)O)oc1Br. The van der Waals surface area contributed by atoms with E-state index in [2.05, 4.69) is 25.6 Å². The molecule has 2 atom stereocenters. The number of carboxylic acids is 1. The number of piperidine rings is 1. The summed E-state index contributed by atoms with van der Waals surface area (Å²) in [6.45, 7) is 3.60. The summed E-state index contributed by atoms with van der Waals surface area (Å²) in [7, 11) is -1.83. The molecule has 0 aliphatic carbocycles. The van der Waals surface area contributed by atoms with E-state index in [1.165, 1.54) is 0 Å². The van der Waals surface area contributed by atoms with Gasteiger partial charge in [0.15, 0.2) is 4.67 Å². The molecule has 1 aromatic rings. The quantitative estimate of drug-likeness (QED) is 0.817. The molecule has 1 aromatic heterocycles. The first-order valence-electron chi connectivity index (χ1n) is 6.44. The number of hydrogen-bond acceptors (Lipinski definition) is 5. The Bertz CT molecular complexity index is 642. The first kappa shape index (κ1) is 16.5. The number of rotatable bonds is 4. The van der Waals surface area contributed by atoms with Gasteiger partial charge in [-0.1, -0.05) is 6.92 Å². The van der Waals surface area contributed by atoms with Crippen molar-refractivity contribution in [1.29, 1.82) is 0 Å². The van der Waals surface area contributed by atoms with Gasteiger partial charge >= 0.3 is 5.97 Å². The van der Waals surface area contributed by atoms with Gasteiger partial charge in [0, 0.05) is 18.7 Å². The third-order valence-corrected chi connectivity index (χ3v) is 5.92. The number of nitrogens with zero attached hydrogens (tertiary/aromatic N) is 1. The average Bonchev–Trinajstić information content (AvgIpc) is 2.76. The Hall–Kier alpha value is -0.900. The second-order valence-electron chi connectivity index (χ2n) is 5.31. The molecular weight excluding hydrogens is 364 g/mol. The van der Waals surface area contributed by atoms with Crippen molar-refractivity contribution in [2.24, 2.45) is 5.92 Å². The van der Waals surface area contributed by atoms with Crippen LogP contribution < -0.4 is 4.72 Å². The maximum absolute atomic E-state index is 12.4. The van der Waals surface area contributed by atoms with Gasteiger partial charge in [-0.05, 0) is 41.9 Å². The molecule has 1 saturated heterocycles. The summed E-state index contributed by atoms with van der Waals surface area (Å²) in [5.74, 6) is -1.56. The summed E-state index contributed by atoms with van der Waals surface area (Å²) in [6, 6.07) is 0.829. The van der Waals surface area contributed by atoms with Crippen molar-refractivity contribution in [2.45, 2.75) is 24.3 Å². The lowest BCUT2D eigenvalue weighted by Gasteiger charge is -2.34. The van der Waals surface area contributed by atoms with E-state index in [1.54, 1.807) is 0 Å². The van der Waals surface area contributed by atoms with Crippen molar-refractivity contribution < 1.29 is 22.7 Å². The molecule has 0 spiro atoms. The van der Waals surface area contributed by atoms with Gasteiger partial charge in [0.05, 0.1) is 0 Å². The van der Waals surface area contributed by atoms with Crippen molar-refractivity contribution in [1.82, 2.24) is 9.62 Å². The van der Waals surface area contributed by atoms with Crippen LogP contribution in [0.4, 0.5) is 0 Å². The molecule has 7 nitrogen and oxygen atoms in total. The Morgan fingerprint density at radius 1 is 1.57 bits per heavy atom. The molecule has 1 aliphatic heterocycles. The number of carboxylic acid groups (broad SMARTS) is 1. The van der Waals surface area contributed by atoms with E-state index in [0.29, 0.717) is 6.42 Å². The molecule has 2 rings (SSSR count). The van der Waals surface area contributed by atoms with Crippen LogP contribution in [0, 0.1) is 5.92 Å². The molecule has 0 radical (unpaired) electrons. The molecule has 0 saturated carbocycles. The molecule has 9 heteroatoms. The highest BCUT2D eigenvalue weighted by molar-refractivity contribution is 9.10. The minimum atomic E-state index is -3.83. The largest absolute Gasteiger partial charge is 0.475 e. The van der Waals surface area contributed by atoms with E-state index < -0.39 is 21.8 Å². The number of aromatic carboxylic acids is 1. The van der Waals surface area contributed by atoms with Gasteiger partial charge in [0.1, 0.15) is 4.90 Å². The molecule has 2 unspecified atom stereocenters. The Kier molecular flexibility index (Phi) is 4.76. The zero-order valence-corrected chi connectivity index (χ0v) is 14.1. The minimum absolute atomic E-state index is 0.104. The number of nitrogens with one attached hydrogen (secondary N) is 1. The highest BCUT2D eigenvalue weighted by Gasteiger charge is 2.31. The van der Waals surface area contributed by atoms with Crippen LogP contribution in [0.25, 0.3) is 0 Å². The van der Waals surface area contributed by atoms with Gasteiger partial charge in [0.25, 0.3) is 0 Å². The highest BCUT2D eigenvalue weighted by Crippen LogP contribution is 2.27. The number of hydrogen-bond donors (Lipinski definition) is 2. The Balaban J connectivity index is 2.20. The van der Waals surface area contributed by atoms with Crippen LogP contribution in [-0.2, 0) is 10.0 Å². The van der Waals surface area contributed by atoms with E-state index in [4.69, 9.17) is 9.52 Å². The summed E-state index contributed by atoms with van der Waals surface area (Å²) in [6.07, 6.45) is 0.707. The lowest BCUT2D eigenvalue weighted by molar-refractivity contribution is 0.0661. The maximum Gasteiger partial charge on any atom is 0.371 e. The van der Waals surface area contributed by atoms with Crippen molar-refractivity contribution in [3.8, 4) is 0 Å². The van der Waals surface area contributed by atoms with Crippen LogP contribution in [-0.4, -0.2) is 50.6 Å². The summed E-state index contributed by atoms with van der Waals surface area (Å²) in [5, 5.41) is 8.85. The van der Waals surface area contributed by atoms with Gasteiger partial charge < -0.3 is 14.4 Å². The van der Waals surface area contributed by atoms with Crippen LogP contribution in [0.3, 0.4) is 0 Å². The number of likely N-dealkylation sites (tertiary alicyclic amines) is 1. The third-order valence-electron chi connectivity index (χ3n) is 3.57. The lowest BCUT2D eigenvalue weighted by atomic mass is 9.95. The monoisotopic (exact) mass is 380 g/mol. The second-order valence-corrected chi connectivity index (χ2v) is 7.71. The van der Waals surface area contributed by atoms with Gasteiger partial charge in [0.2, 0.25) is 15.8 Å². The smallest absolute Gasteiger partial charge is 0.371 e. The topological polar surface area (TPSA) is 99.9 Å². The van der Waals surface area contributed by atoms with E-state index in [-0.39, 0.29) is 21.5 Å². The predicted octanol–water partition coefficient (Wildman–Crippen LogP) is 1.36. The van der Waals surface area contributed by atoms with Gasteiger partial charge in [-0.25, -0.2) is 17.9 Å². The molecule has 0 bridgehead atoms. The van der Waals surface area contributed by atoms with E-state index in [1.807, 2.05) is 14.0 Å². The molecule has 2 heterocycles. The Labute approximate surface area is 131 Å². The van der Waals surface area contributed by atoms with Gasteiger partial charge in [-0.3, -0.25) is 0 Å². The van der Waals surface area contributed by atoms with Crippen LogP contribution in [0.5, 0.6) is 0 Å². The molecule has 1 fully saturated rings. The summed E-state index contributed by atoms with van der Waals surface area (Å²) in [5.41, 5.74) is 0. The summed E-state index contributed by atoms with van der Waals surface area (Å²) < 4.78 is 32.2. The van der Waals surface area contributed by atoms with Crippen LogP contribution >= 0.6 is 15.9 Å². The Morgan fingerprint density at radius 2 is 2.24 bits per heavy atom. The lowest BCUT2D eigenvalue weighted by Crippen LogP contribution is -2.48. The second kappa shape index (κ2) is 6.07. The molecule has 21 heavy (non-hydrogen) atoms. The zero-order chi connectivity index (χ0) is 15.8. The maximum atomic E-state index is 12.4. The van der Waals surface area contributed by atoms with Crippen LogP contribution in [0.15, 0.2) is 20.0 Å². The van der Waals surface area contributed by atoms with E-state index in [9.17, 15) is 13.2 Å². The normalized spacial score (nSPS) is 24.1. The Morgan fingerprint density at radius 3 is 2.76 bits per heavy atom. The van der Waals surface area contributed by atoms with E-state index in [0.717, 1.165) is 19.2 Å².